The van der Waals surface area contributed by atoms with E-state index in [2.05, 4.69) is 11.0 Å². The number of rotatable bonds is 3. The van der Waals surface area contributed by atoms with Gasteiger partial charge in [-0.1, -0.05) is 12.1 Å². The molecule has 2 heterocycles. The van der Waals surface area contributed by atoms with E-state index in [9.17, 15) is 22.8 Å². The minimum Gasteiger partial charge on any atom is -0.368 e. The molecule has 0 radical (unpaired) electrons. The number of amides is 2. The van der Waals surface area contributed by atoms with Crippen molar-refractivity contribution in [2.45, 2.75) is 12.7 Å². The van der Waals surface area contributed by atoms with Crippen LogP contribution in [-0.4, -0.2) is 42.9 Å². The second-order valence-corrected chi connectivity index (χ2v) is 8.71. The van der Waals surface area contributed by atoms with Gasteiger partial charge in [0, 0.05) is 43.1 Å². The van der Waals surface area contributed by atoms with Gasteiger partial charge >= 0.3 is 6.18 Å². The predicted octanol–water partition coefficient (Wildman–Crippen LogP) is 4.70. The molecule has 1 saturated heterocycles. The zero-order valence-electron chi connectivity index (χ0n) is 19.1. The fourth-order valence-corrected chi connectivity index (χ4v) is 4.68. The lowest BCUT2D eigenvalue weighted by molar-refractivity contribution is -0.138. The maximum Gasteiger partial charge on any atom is 0.417 e. The zero-order chi connectivity index (χ0) is 25.4. The molecule has 1 fully saturated rings. The van der Waals surface area contributed by atoms with Crippen molar-refractivity contribution in [1.29, 1.82) is 5.26 Å². The molecule has 3 aromatic carbocycles. The van der Waals surface area contributed by atoms with Crippen LogP contribution in [0, 0.1) is 11.3 Å². The summed E-state index contributed by atoms with van der Waals surface area (Å²) in [5, 5.41) is 8.99. The molecule has 36 heavy (non-hydrogen) atoms. The molecule has 9 heteroatoms. The molecule has 182 valence electrons. The normalized spacial score (nSPS) is 15.6. The summed E-state index contributed by atoms with van der Waals surface area (Å²) in [6, 6.07) is 19.3. The second-order valence-electron chi connectivity index (χ2n) is 8.71. The van der Waals surface area contributed by atoms with Gasteiger partial charge in [-0.15, -0.1) is 0 Å². The van der Waals surface area contributed by atoms with E-state index >= 15 is 0 Å². The molecule has 0 aromatic heterocycles. The Labute approximate surface area is 205 Å². The summed E-state index contributed by atoms with van der Waals surface area (Å²) in [5.74, 6) is -0.736. The predicted molar refractivity (Wildman–Crippen MR) is 128 cm³/mol. The first kappa shape index (κ1) is 23.4. The lowest BCUT2D eigenvalue weighted by Crippen LogP contribution is -2.49. The van der Waals surface area contributed by atoms with Gasteiger partial charge in [0.05, 0.1) is 29.3 Å². The van der Waals surface area contributed by atoms with E-state index in [0.29, 0.717) is 49.5 Å². The summed E-state index contributed by atoms with van der Waals surface area (Å²) in [7, 11) is 0. The topological polar surface area (TPSA) is 67.7 Å². The van der Waals surface area contributed by atoms with Crippen LogP contribution < -0.4 is 9.80 Å². The van der Waals surface area contributed by atoms with Crippen LogP contribution in [0.3, 0.4) is 0 Å². The molecule has 0 unspecified atom stereocenters. The van der Waals surface area contributed by atoms with E-state index in [-0.39, 0.29) is 11.5 Å². The van der Waals surface area contributed by atoms with Crippen LogP contribution in [0.4, 0.5) is 24.5 Å². The SMILES string of the molecule is N#Cc1ccc(N2Cc3cc(N4CCN(C(=O)c5ccccc5C(F)(F)F)CC4)ccc3C2=O)cc1. The van der Waals surface area contributed by atoms with Crippen LogP contribution in [0.2, 0.25) is 0 Å². The summed E-state index contributed by atoms with van der Waals surface area (Å²) >= 11 is 0. The van der Waals surface area contributed by atoms with Gasteiger partial charge in [-0.3, -0.25) is 9.59 Å². The van der Waals surface area contributed by atoms with Gasteiger partial charge in [-0.2, -0.15) is 18.4 Å². The molecule has 0 aliphatic carbocycles. The van der Waals surface area contributed by atoms with E-state index in [1.807, 2.05) is 12.1 Å². The van der Waals surface area contributed by atoms with Crippen molar-refractivity contribution in [3.8, 4) is 6.07 Å². The van der Waals surface area contributed by atoms with E-state index in [1.54, 1.807) is 35.2 Å². The average Bonchev–Trinajstić information content (AvgIpc) is 3.23. The highest BCUT2D eigenvalue weighted by molar-refractivity contribution is 6.10. The molecule has 0 N–H and O–H groups in total. The van der Waals surface area contributed by atoms with Gasteiger partial charge in [0.2, 0.25) is 0 Å². The van der Waals surface area contributed by atoms with Crippen LogP contribution in [0.15, 0.2) is 66.7 Å². The first-order valence-corrected chi connectivity index (χ1v) is 11.4. The smallest absolute Gasteiger partial charge is 0.368 e. The summed E-state index contributed by atoms with van der Waals surface area (Å²) in [5.41, 5.74) is 2.35. The Balaban J connectivity index is 1.28. The quantitative estimate of drug-likeness (QED) is 0.534. The van der Waals surface area contributed by atoms with Crippen molar-refractivity contribution in [3.63, 3.8) is 0 Å². The third kappa shape index (κ3) is 4.26. The molecular formula is C27H21F3N4O2. The standard InChI is InChI=1S/C27H21F3N4O2/c28-27(29,30)24-4-2-1-3-23(24)25(35)33-13-11-32(12-14-33)21-9-10-22-19(15-21)17-34(26(22)36)20-7-5-18(16-31)6-8-20/h1-10,15H,11-14,17H2. The number of alkyl halides is 3. The molecule has 2 aliphatic rings. The largest absolute Gasteiger partial charge is 0.417 e. The molecule has 0 bridgehead atoms. The molecule has 0 atom stereocenters. The van der Waals surface area contributed by atoms with E-state index < -0.39 is 17.6 Å². The fourth-order valence-electron chi connectivity index (χ4n) is 4.68. The fraction of sp³-hybridized carbons (Fsp3) is 0.222. The number of carbonyl (C=O) groups excluding carboxylic acids is 2. The maximum atomic E-state index is 13.3. The monoisotopic (exact) mass is 490 g/mol. The molecule has 5 rings (SSSR count). The molecule has 0 saturated carbocycles. The highest BCUT2D eigenvalue weighted by atomic mass is 19.4. The lowest BCUT2D eigenvalue weighted by Gasteiger charge is -2.36. The number of fused-ring (bicyclic) bond motifs is 1. The molecular weight excluding hydrogens is 469 g/mol. The summed E-state index contributed by atoms with van der Waals surface area (Å²) in [6.07, 6.45) is -4.60. The van der Waals surface area contributed by atoms with Crippen LogP contribution in [-0.2, 0) is 12.7 Å². The van der Waals surface area contributed by atoms with E-state index in [1.165, 1.54) is 23.1 Å². The minimum absolute atomic E-state index is 0.111. The highest BCUT2D eigenvalue weighted by Crippen LogP contribution is 2.34. The Hall–Kier alpha value is -4.32. The highest BCUT2D eigenvalue weighted by Gasteiger charge is 2.36. The summed E-state index contributed by atoms with van der Waals surface area (Å²) < 4.78 is 40.0. The van der Waals surface area contributed by atoms with Crippen molar-refractivity contribution < 1.29 is 22.8 Å². The van der Waals surface area contributed by atoms with Crippen LogP contribution in [0.5, 0.6) is 0 Å². The molecule has 2 aliphatic heterocycles. The van der Waals surface area contributed by atoms with Crippen LogP contribution >= 0.6 is 0 Å². The van der Waals surface area contributed by atoms with E-state index in [0.717, 1.165) is 17.3 Å². The van der Waals surface area contributed by atoms with Gasteiger partial charge in [-0.25, -0.2) is 0 Å². The number of hydrogen-bond acceptors (Lipinski definition) is 4. The Morgan fingerprint density at radius 2 is 1.56 bits per heavy atom. The third-order valence-corrected chi connectivity index (χ3v) is 6.60. The number of carbonyl (C=O) groups is 2. The number of piperazine rings is 1. The minimum atomic E-state index is -4.60. The van der Waals surface area contributed by atoms with Gasteiger partial charge < -0.3 is 14.7 Å². The average molecular weight is 490 g/mol. The zero-order valence-corrected chi connectivity index (χ0v) is 19.1. The van der Waals surface area contributed by atoms with Crippen LogP contribution in [0.1, 0.15) is 37.4 Å². The Morgan fingerprint density at radius 1 is 0.889 bits per heavy atom. The summed E-state index contributed by atoms with van der Waals surface area (Å²) in [6.45, 7) is 1.91. The molecule has 6 nitrogen and oxygen atoms in total. The Morgan fingerprint density at radius 3 is 2.22 bits per heavy atom. The Bertz CT molecular complexity index is 1370. The van der Waals surface area contributed by atoms with Gasteiger partial charge in [0.1, 0.15) is 0 Å². The lowest BCUT2D eigenvalue weighted by atomic mass is 10.1. The van der Waals surface area contributed by atoms with Crippen molar-refractivity contribution in [2.24, 2.45) is 0 Å². The third-order valence-electron chi connectivity index (χ3n) is 6.60. The number of nitriles is 1. The van der Waals surface area contributed by atoms with Crippen molar-refractivity contribution in [2.75, 3.05) is 36.0 Å². The van der Waals surface area contributed by atoms with Gasteiger partial charge in [-0.05, 0) is 60.2 Å². The molecule has 2 amide bonds. The van der Waals surface area contributed by atoms with Crippen molar-refractivity contribution in [1.82, 2.24) is 4.90 Å². The van der Waals surface area contributed by atoms with Crippen molar-refractivity contribution in [3.05, 3.63) is 94.5 Å². The maximum absolute atomic E-state index is 13.3. The van der Waals surface area contributed by atoms with Crippen molar-refractivity contribution >= 4 is 23.2 Å². The first-order valence-electron chi connectivity index (χ1n) is 11.4. The van der Waals surface area contributed by atoms with Gasteiger partial charge in [0.15, 0.2) is 0 Å². The molecule has 3 aromatic rings. The Kier molecular flexibility index (Phi) is 5.88. The summed E-state index contributed by atoms with van der Waals surface area (Å²) in [4.78, 5) is 30.9. The van der Waals surface area contributed by atoms with E-state index in [4.69, 9.17) is 5.26 Å². The van der Waals surface area contributed by atoms with Gasteiger partial charge in [0.25, 0.3) is 11.8 Å². The van der Waals surface area contributed by atoms with Crippen LogP contribution in [0.25, 0.3) is 0 Å². The molecule has 0 spiro atoms. The number of benzene rings is 3. The number of anilines is 2. The first-order chi connectivity index (χ1) is 17.3. The number of hydrogen-bond donors (Lipinski definition) is 0. The number of halogens is 3. The second kappa shape index (κ2) is 9.04. The number of nitrogens with zero attached hydrogens (tertiary/aromatic N) is 4.